The number of aromatic nitrogens is 1. The number of rotatable bonds is 6. The largest absolute Gasteiger partial charge is 0.340 e. The summed E-state index contributed by atoms with van der Waals surface area (Å²) in [5.41, 5.74) is 1.36. The lowest BCUT2D eigenvalue weighted by Gasteiger charge is -2.24. The molecule has 0 aliphatic heterocycles. The summed E-state index contributed by atoms with van der Waals surface area (Å²) >= 11 is 0. The molecule has 0 fully saturated rings. The molecule has 3 rings (SSSR count). The molecule has 7 heteroatoms. The van der Waals surface area contributed by atoms with Gasteiger partial charge in [-0.15, -0.1) is 0 Å². The van der Waals surface area contributed by atoms with Gasteiger partial charge in [-0.25, -0.2) is 17.2 Å². The van der Waals surface area contributed by atoms with Gasteiger partial charge in [-0.2, -0.15) is 4.31 Å². The van der Waals surface area contributed by atoms with Crippen LogP contribution in [0, 0.1) is 11.6 Å². The smallest absolute Gasteiger partial charge is 0.211 e. The lowest BCUT2D eigenvalue weighted by Crippen LogP contribution is -2.37. The highest BCUT2D eigenvalue weighted by Gasteiger charge is 2.20. The Morgan fingerprint density at radius 2 is 1.50 bits per heavy atom. The van der Waals surface area contributed by atoms with Gasteiger partial charge in [-0.1, -0.05) is 0 Å². The molecule has 0 atom stereocenters. The maximum absolute atomic E-state index is 13.8. The van der Waals surface area contributed by atoms with Gasteiger partial charge in [0.2, 0.25) is 10.0 Å². The van der Waals surface area contributed by atoms with Gasteiger partial charge >= 0.3 is 0 Å². The minimum absolute atomic E-state index is 0.141. The van der Waals surface area contributed by atoms with Gasteiger partial charge in [0.1, 0.15) is 11.6 Å². The summed E-state index contributed by atoms with van der Waals surface area (Å²) in [5.74, 6) is -0.719. The average molecular weight is 380 g/mol. The molecule has 0 amide bonds. The molecule has 0 saturated heterocycles. The Morgan fingerprint density at radius 3 is 1.92 bits per heavy atom. The van der Waals surface area contributed by atoms with E-state index < -0.39 is 10.0 Å². The SMILES string of the molecule is CC(C)N(CCCn1c2cc(F)ccc2c2ccc(F)cc21)S(C)(=O)=O. The topological polar surface area (TPSA) is 42.3 Å². The van der Waals surface area contributed by atoms with Crippen LogP contribution in [0.1, 0.15) is 20.3 Å². The zero-order valence-electron chi connectivity index (χ0n) is 15.0. The highest BCUT2D eigenvalue weighted by atomic mass is 32.2. The second-order valence-corrected chi connectivity index (χ2v) is 8.73. The number of halogens is 2. The van der Waals surface area contributed by atoms with Crippen molar-refractivity contribution < 1.29 is 17.2 Å². The summed E-state index contributed by atoms with van der Waals surface area (Å²) in [6, 6.07) is 8.89. The second-order valence-electron chi connectivity index (χ2n) is 6.80. The Balaban J connectivity index is 1.98. The Morgan fingerprint density at radius 1 is 1.00 bits per heavy atom. The van der Waals surface area contributed by atoms with E-state index in [0.717, 1.165) is 10.8 Å². The third-order valence-electron chi connectivity index (χ3n) is 4.55. The molecule has 0 bridgehead atoms. The lowest BCUT2D eigenvalue weighted by atomic mass is 10.1. The number of fused-ring (bicyclic) bond motifs is 3. The molecule has 4 nitrogen and oxygen atoms in total. The van der Waals surface area contributed by atoms with E-state index in [2.05, 4.69) is 0 Å². The van der Waals surface area contributed by atoms with Crippen molar-refractivity contribution in [3.63, 3.8) is 0 Å². The molecule has 1 heterocycles. The molecular formula is C19H22F2N2O2S. The van der Waals surface area contributed by atoms with Crippen LogP contribution in [0.25, 0.3) is 21.8 Å². The predicted octanol–water partition coefficient (Wildman–Crippen LogP) is 4.13. The van der Waals surface area contributed by atoms with Crippen LogP contribution >= 0.6 is 0 Å². The van der Waals surface area contributed by atoms with Crippen molar-refractivity contribution >= 4 is 31.8 Å². The van der Waals surface area contributed by atoms with Crippen molar-refractivity contribution in [3.8, 4) is 0 Å². The van der Waals surface area contributed by atoms with Crippen LogP contribution in [0.2, 0.25) is 0 Å². The van der Waals surface area contributed by atoms with E-state index >= 15 is 0 Å². The monoisotopic (exact) mass is 380 g/mol. The highest BCUT2D eigenvalue weighted by molar-refractivity contribution is 7.88. The quantitative estimate of drug-likeness (QED) is 0.645. The summed E-state index contributed by atoms with van der Waals surface area (Å²) in [5, 5.41) is 1.70. The van der Waals surface area contributed by atoms with Gasteiger partial charge in [-0.3, -0.25) is 0 Å². The van der Waals surface area contributed by atoms with Gasteiger partial charge in [-0.05, 0) is 56.7 Å². The molecule has 140 valence electrons. The number of aryl methyl sites for hydroxylation is 1. The summed E-state index contributed by atoms with van der Waals surface area (Å²) < 4.78 is 54.6. The van der Waals surface area contributed by atoms with E-state index in [1.165, 1.54) is 34.8 Å². The molecule has 0 aliphatic rings. The first kappa shape index (κ1) is 18.8. The Bertz CT molecular complexity index is 999. The fourth-order valence-electron chi connectivity index (χ4n) is 3.47. The fraction of sp³-hybridized carbons (Fsp3) is 0.368. The van der Waals surface area contributed by atoms with E-state index in [0.29, 0.717) is 30.5 Å². The Hall–Kier alpha value is -1.99. The third-order valence-corrected chi connectivity index (χ3v) is 6.01. The van der Waals surface area contributed by atoms with Gasteiger partial charge in [0, 0.05) is 29.9 Å². The number of hydrogen-bond donors (Lipinski definition) is 0. The van der Waals surface area contributed by atoms with Crippen molar-refractivity contribution in [1.82, 2.24) is 8.87 Å². The van der Waals surface area contributed by atoms with E-state index in [1.54, 1.807) is 12.1 Å². The second kappa shape index (κ2) is 6.96. The molecule has 0 radical (unpaired) electrons. The molecule has 2 aromatic carbocycles. The summed E-state index contributed by atoms with van der Waals surface area (Å²) in [7, 11) is -3.30. The maximum atomic E-state index is 13.8. The standard InChI is InChI=1S/C19H22F2N2O2S/c1-13(2)23(26(3,24)25)10-4-9-22-18-11-14(20)5-7-16(18)17-8-6-15(21)12-19(17)22/h5-8,11-13H,4,9-10H2,1-3H3. The average Bonchev–Trinajstić information content (AvgIpc) is 2.82. The van der Waals surface area contributed by atoms with Crippen molar-refractivity contribution in [1.29, 1.82) is 0 Å². The molecule has 0 N–H and O–H groups in total. The van der Waals surface area contributed by atoms with Crippen LogP contribution in [0.3, 0.4) is 0 Å². The zero-order valence-corrected chi connectivity index (χ0v) is 15.9. The molecule has 0 aliphatic carbocycles. The van der Waals surface area contributed by atoms with Crippen molar-refractivity contribution in [2.24, 2.45) is 0 Å². The molecule has 0 spiro atoms. The summed E-state index contributed by atoms with van der Waals surface area (Å²) in [6.07, 6.45) is 1.73. The van der Waals surface area contributed by atoms with Crippen LogP contribution in [0.5, 0.6) is 0 Å². The van der Waals surface area contributed by atoms with Gasteiger partial charge < -0.3 is 4.57 Å². The van der Waals surface area contributed by atoms with Crippen LogP contribution in [0.15, 0.2) is 36.4 Å². The van der Waals surface area contributed by atoms with Gasteiger partial charge in [0.15, 0.2) is 0 Å². The zero-order chi connectivity index (χ0) is 19.1. The number of hydrogen-bond acceptors (Lipinski definition) is 2. The first-order chi connectivity index (χ1) is 12.2. The van der Waals surface area contributed by atoms with Crippen LogP contribution in [-0.2, 0) is 16.6 Å². The summed E-state index contributed by atoms with van der Waals surface area (Å²) in [6.45, 7) is 4.46. The first-order valence-electron chi connectivity index (χ1n) is 8.52. The molecule has 0 unspecified atom stereocenters. The molecule has 1 aromatic heterocycles. The Labute approximate surface area is 152 Å². The maximum Gasteiger partial charge on any atom is 0.211 e. The van der Waals surface area contributed by atoms with E-state index in [1.807, 2.05) is 18.4 Å². The molecular weight excluding hydrogens is 358 g/mol. The van der Waals surface area contributed by atoms with Crippen molar-refractivity contribution in [3.05, 3.63) is 48.0 Å². The number of benzene rings is 2. The van der Waals surface area contributed by atoms with E-state index in [4.69, 9.17) is 0 Å². The molecule has 26 heavy (non-hydrogen) atoms. The minimum atomic E-state index is -3.30. The third kappa shape index (κ3) is 3.59. The Kier molecular flexibility index (Phi) is 5.03. The minimum Gasteiger partial charge on any atom is -0.340 e. The lowest BCUT2D eigenvalue weighted by molar-refractivity contribution is 0.346. The van der Waals surface area contributed by atoms with E-state index in [9.17, 15) is 17.2 Å². The van der Waals surface area contributed by atoms with Crippen LogP contribution < -0.4 is 0 Å². The van der Waals surface area contributed by atoms with Gasteiger partial charge in [0.05, 0.1) is 17.3 Å². The highest BCUT2D eigenvalue weighted by Crippen LogP contribution is 2.30. The van der Waals surface area contributed by atoms with Gasteiger partial charge in [0.25, 0.3) is 0 Å². The normalized spacial score (nSPS) is 12.7. The van der Waals surface area contributed by atoms with Crippen LogP contribution in [-0.4, -0.2) is 36.1 Å². The molecule has 0 saturated carbocycles. The molecule has 3 aromatic rings. The number of nitrogens with zero attached hydrogens (tertiary/aromatic N) is 2. The number of sulfonamides is 1. The fourth-order valence-corrected chi connectivity index (χ4v) is 4.70. The van der Waals surface area contributed by atoms with Crippen LogP contribution in [0.4, 0.5) is 8.78 Å². The van der Waals surface area contributed by atoms with Crippen molar-refractivity contribution in [2.75, 3.05) is 12.8 Å². The predicted molar refractivity (Wildman–Crippen MR) is 101 cm³/mol. The van der Waals surface area contributed by atoms with Crippen molar-refractivity contribution in [2.45, 2.75) is 32.9 Å². The first-order valence-corrected chi connectivity index (χ1v) is 10.4. The summed E-state index contributed by atoms with van der Waals surface area (Å²) in [4.78, 5) is 0. The van der Waals surface area contributed by atoms with E-state index in [-0.39, 0.29) is 17.7 Å².